The molecule has 1 rings (SSSR count). The number of aromatic nitrogens is 1. The molecule has 0 bridgehead atoms. The van der Waals surface area contributed by atoms with Crippen molar-refractivity contribution in [2.24, 2.45) is 5.92 Å². The van der Waals surface area contributed by atoms with Gasteiger partial charge in [0.15, 0.2) is 0 Å². The minimum atomic E-state index is -0.262. The Balaban J connectivity index is 2.17. The molecule has 0 aromatic carbocycles. The van der Waals surface area contributed by atoms with Crippen LogP contribution in [0.1, 0.15) is 20.3 Å². The van der Waals surface area contributed by atoms with Gasteiger partial charge in [-0.15, -0.1) is 0 Å². The Morgan fingerprint density at radius 2 is 2.43 bits per heavy atom. The van der Waals surface area contributed by atoms with Crippen LogP contribution in [0.2, 0.25) is 0 Å². The highest BCUT2D eigenvalue weighted by molar-refractivity contribution is 5.87. The number of hydrogen-bond acceptors (Lipinski definition) is 3. The molecular formula is C9H15N3O2. The molecule has 78 valence electrons. The Hall–Kier alpha value is -1.52. The molecule has 0 saturated carbocycles. The van der Waals surface area contributed by atoms with Crippen LogP contribution >= 0.6 is 0 Å². The van der Waals surface area contributed by atoms with Gasteiger partial charge in [-0.2, -0.15) is 0 Å². The summed E-state index contributed by atoms with van der Waals surface area (Å²) in [5.74, 6) is 0.938. The van der Waals surface area contributed by atoms with E-state index in [4.69, 9.17) is 4.52 Å². The lowest BCUT2D eigenvalue weighted by molar-refractivity contribution is 0.250. The summed E-state index contributed by atoms with van der Waals surface area (Å²) in [6.45, 7) is 4.88. The summed E-state index contributed by atoms with van der Waals surface area (Å²) < 4.78 is 4.71. The molecule has 1 aromatic heterocycles. The third-order valence-corrected chi connectivity index (χ3v) is 1.68. The molecule has 1 heterocycles. The van der Waals surface area contributed by atoms with Gasteiger partial charge in [-0.1, -0.05) is 19.0 Å². The number of rotatable bonds is 4. The van der Waals surface area contributed by atoms with Crippen molar-refractivity contribution in [2.75, 3.05) is 11.9 Å². The zero-order chi connectivity index (χ0) is 10.4. The maximum Gasteiger partial charge on any atom is 0.321 e. The predicted molar refractivity (Wildman–Crippen MR) is 53.0 cm³/mol. The van der Waals surface area contributed by atoms with E-state index in [-0.39, 0.29) is 6.03 Å². The molecule has 0 aliphatic carbocycles. The van der Waals surface area contributed by atoms with E-state index in [1.807, 2.05) is 0 Å². The zero-order valence-electron chi connectivity index (χ0n) is 8.41. The topological polar surface area (TPSA) is 67.2 Å². The van der Waals surface area contributed by atoms with Gasteiger partial charge in [-0.3, -0.25) is 5.32 Å². The molecule has 0 atom stereocenters. The highest BCUT2D eigenvalue weighted by Crippen LogP contribution is 2.02. The van der Waals surface area contributed by atoms with Crippen LogP contribution in [0, 0.1) is 5.92 Å². The third-order valence-electron chi connectivity index (χ3n) is 1.68. The van der Waals surface area contributed by atoms with Crippen molar-refractivity contribution < 1.29 is 9.32 Å². The molecule has 0 radical (unpaired) electrons. The molecule has 5 heteroatoms. The molecule has 0 spiro atoms. The lowest BCUT2D eigenvalue weighted by Crippen LogP contribution is -2.29. The highest BCUT2D eigenvalue weighted by atomic mass is 16.5. The molecule has 0 fully saturated rings. The lowest BCUT2D eigenvalue weighted by atomic mass is 10.1. The molecule has 0 saturated heterocycles. The minimum Gasteiger partial charge on any atom is -0.338 e. The van der Waals surface area contributed by atoms with Crippen molar-refractivity contribution in [1.29, 1.82) is 0 Å². The molecule has 2 N–H and O–H groups in total. The summed E-state index contributed by atoms with van der Waals surface area (Å²) in [5, 5.41) is 8.70. The predicted octanol–water partition coefficient (Wildman–Crippen LogP) is 1.84. The van der Waals surface area contributed by atoms with E-state index in [0.29, 0.717) is 18.3 Å². The second-order valence-corrected chi connectivity index (χ2v) is 3.44. The van der Waals surface area contributed by atoms with Crippen LogP contribution in [0.4, 0.5) is 10.7 Å². The van der Waals surface area contributed by atoms with Crippen LogP contribution in [-0.4, -0.2) is 17.7 Å². The maximum atomic E-state index is 11.2. The molecule has 2 amide bonds. The summed E-state index contributed by atoms with van der Waals surface area (Å²) in [6.07, 6.45) is 2.44. The van der Waals surface area contributed by atoms with Crippen LogP contribution in [0.15, 0.2) is 16.8 Å². The van der Waals surface area contributed by atoms with Crippen LogP contribution in [0.3, 0.4) is 0 Å². The Kier molecular flexibility index (Phi) is 3.97. The standard InChI is InChI=1S/C9H15N3O2/c1-7(2)3-5-10-9(13)12-8-4-6-11-14-8/h4,6-7H,3,5H2,1-2H3,(H2,10,12,13). The van der Waals surface area contributed by atoms with Gasteiger partial charge in [0.2, 0.25) is 5.88 Å². The molecule has 0 aliphatic heterocycles. The second-order valence-electron chi connectivity index (χ2n) is 3.44. The van der Waals surface area contributed by atoms with Crippen molar-refractivity contribution in [2.45, 2.75) is 20.3 Å². The SMILES string of the molecule is CC(C)CCNC(=O)Nc1ccno1. The van der Waals surface area contributed by atoms with E-state index in [1.54, 1.807) is 6.07 Å². The van der Waals surface area contributed by atoms with Crippen molar-refractivity contribution in [3.8, 4) is 0 Å². The van der Waals surface area contributed by atoms with Gasteiger partial charge in [0.25, 0.3) is 0 Å². The number of carbonyl (C=O) groups excluding carboxylic acids is 1. The average Bonchev–Trinajstić information content (AvgIpc) is 2.56. The van der Waals surface area contributed by atoms with Crippen molar-refractivity contribution in [3.05, 3.63) is 12.3 Å². The Labute approximate surface area is 82.8 Å². The van der Waals surface area contributed by atoms with E-state index >= 15 is 0 Å². The van der Waals surface area contributed by atoms with Crippen LogP contribution < -0.4 is 10.6 Å². The van der Waals surface area contributed by atoms with Crippen molar-refractivity contribution in [1.82, 2.24) is 10.5 Å². The first-order valence-corrected chi connectivity index (χ1v) is 4.64. The van der Waals surface area contributed by atoms with Gasteiger partial charge in [-0.25, -0.2) is 4.79 Å². The van der Waals surface area contributed by atoms with E-state index in [1.165, 1.54) is 6.20 Å². The fourth-order valence-electron chi connectivity index (χ4n) is 0.911. The normalized spacial score (nSPS) is 10.2. The number of carbonyl (C=O) groups is 1. The number of nitrogens with one attached hydrogen (secondary N) is 2. The number of nitrogens with zero attached hydrogens (tertiary/aromatic N) is 1. The van der Waals surface area contributed by atoms with Gasteiger partial charge in [0.05, 0.1) is 6.20 Å². The summed E-state index contributed by atoms with van der Waals surface area (Å²) in [6, 6.07) is 1.32. The number of amides is 2. The smallest absolute Gasteiger partial charge is 0.321 e. The monoisotopic (exact) mass is 197 g/mol. The average molecular weight is 197 g/mol. The molecule has 5 nitrogen and oxygen atoms in total. The van der Waals surface area contributed by atoms with E-state index in [2.05, 4.69) is 29.6 Å². The maximum absolute atomic E-state index is 11.2. The first-order chi connectivity index (χ1) is 6.68. The van der Waals surface area contributed by atoms with E-state index in [9.17, 15) is 4.79 Å². The molecule has 1 aromatic rings. The van der Waals surface area contributed by atoms with Crippen LogP contribution in [0.5, 0.6) is 0 Å². The van der Waals surface area contributed by atoms with Gasteiger partial charge in [-0.05, 0) is 12.3 Å². The number of urea groups is 1. The van der Waals surface area contributed by atoms with Crippen molar-refractivity contribution >= 4 is 11.9 Å². The molecule has 0 aliphatic rings. The second kappa shape index (κ2) is 5.26. The molecule has 14 heavy (non-hydrogen) atoms. The Morgan fingerprint density at radius 3 is 3.00 bits per heavy atom. The first kappa shape index (κ1) is 10.6. The summed E-state index contributed by atoms with van der Waals surface area (Å²) in [5.41, 5.74) is 0. The fraction of sp³-hybridized carbons (Fsp3) is 0.556. The van der Waals surface area contributed by atoms with Crippen molar-refractivity contribution in [3.63, 3.8) is 0 Å². The Bertz CT molecular complexity index is 270. The Morgan fingerprint density at radius 1 is 1.64 bits per heavy atom. The summed E-state index contributed by atoms with van der Waals surface area (Å²) >= 11 is 0. The first-order valence-electron chi connectivity index (χ1n) is 4.64. The third kappa shape index (κ3) is 3.93. The number of hydrogen-bond donors (Lipinski definition) is 2. The van der Waals surface area contributed by atoms with Gasteiger partial charge in [0, 0.05) is 12.6 Å². The largest absolute Gasteiger partial charge is 0.338 e. The summed E-state index contributed by atoms with van der Waals surface area (Å²) in [4.78, 5) is 11.2. The van der Waals surface area contributed by atoms with E-state index in [0.717, 1.165) is 6.42 Å². The van der Waals surface area contributed by atoms with Gasteiger partial charge in [0.1, 0.15) is 0 Å². The fourth-order valence-corrected chi connectivity index (χ4v) is 0.911. The lowest BCUT2D eigenvalue weighted by Gasteiger charge is -2.06. The minimum absolute atomic E-state index is 0.262. The van der Waals surface area contributed by atoms with Gasteiger partial charge < -0.3 is 9.84 Å². The zero-order valence-corrected chi connectivity index (χ0v) is 8.41. The van der Waals surface area contributed by atoms with Crippen LogP contribution in [0.25, 0.3) is 0 Å². The summed E-state index contributed by atoms with van der Waals surface area (Å²) in [7, 11) is 0. The van der Waals surface area contributed by atoms with E-state index < -0.39 is 0 Å². The molecular weight excluding hydrogens is 182 g/mol. The highest BCUT2D eigenvalue weighted by Gasteiger charge is 2.03. The molecule has 0 unspecified atom stereocenters. The quantitative estimate of drug-likeness (QED) is 0.773. The number of anilines is 1. The van der Waals surface area contributed by atoms with Gasteiger partial charge >= 0.3 is 6.03 Å². The van der Waals surface area contributed by atoms with Crippen LogP contribution in [-0.2, 0) is 0 Å².